The summed E-state index contributed by atoms with van der Waals surface area (Å²) in [5, 5.41) is 3.15. The highest BCUT2D eigenvalue weighted by Gasteiger charge is 2.41. The van der Waals surface area contributed by atoms with Crippen molar-refractivity contribution in [2.24, 2.45) is 11.3 Å². The van der Waals surface area contributed by atoms with Gasteiger partial charge in [-0.05, 0) is 90.5 Å². The van der Waals surface area contributed by atoms with Crippen LogP contribution < -0.4 is 5.32 Å². The predicted molar refractivity (Wildman–Crippen MR) is 176 cm³/mol. The van der Waals surface area contributed by atoms with Gasteiger partial charge in [0.05, 0.1) is 12.1 Å². The summed E-state index contributed by atoms with van der Waals surface area (Å²) in [6, 6.07) is -1.27. The van der Waals surface area contributed by atoms with Gasteiger partial charge >= 0.3 is 0 Å². The van der Waals surface area contributed by atoms with Crippen LogP contribution in [0.2, 0.25) is 0 Å². The Morgan fingerprint density at radius 3 is 2.02 bits per heavy atom. The van der Waals surface area contributed by atoms with E-state index in [0.717, 1.165) is 58.0 Å². The number of amides is 4. The molecule has 3 saturated heterocycles. The highest BCUT2D eigenvalue weighted by molar-refractivity contribution is 5.97. The summed E-state index contributed by atoms with van der Waals surface area (Å²) >= 11 is 0. The molecule has 250 valence electrons. The van der Waals surface area contributed by atoms with Crippen LogP contribution in [0.1, 0.15) is 114 Å². The van der Waals surface area contributed by atoms with Gasteiger partial charge in [-0.15, -0.1) is 0 Å². The number of hydrogen-bond acceptors (Lipinski definition) is 5. The van der Waals surface area contributed by atoms with E-state index in [1.54, 1.807) is 23.8 Å². The first-order chi connectivity index (χ1) is 20.6. The zero-order valence-electron chi connectivity index (χ0n) is 29.3. The Labute approximate surface area is 267 Å². The molecule has 3 rings (SSSR count). The van der Waals surface area contributed by atoms with Gasteiger partial charge in [0.1, 0.15) is 12.1 Å². The van der Waals surface area contributed by atoms with Crippen LogP contribution in [0.5, 0.6) is 0 Å². The Morgan fingerprint density at radius 1 is 0.841 bits per heavy atom. The highest BCUT2D eigenvalue weighted by atomic mass is 16.2. The number of nitrogens with zero attached hydrogens (tertiary/aromatic N) is 4. The van der Waals surface area contributed by atoms with Crippen molar-refractivity contribution in [3.8, 4) is 0 Å². The maximum absolute atomic E-state index is 14.1. The summed E-state index contributed by atoms with van der Waals surface area (Å²) in [5.74, 6) is -0.287. The van der Waals surface area contributed by atoms with Crippen molar-refractivity contribution in [1.29, 1.82) is 0 Å². The average Bonchev–Trinajstić information content (AvgIpc) is 3.46. The number of carbonyl (C=O) groups excluding carboxylic acids is 4. The maximum Gasteiger partial charge on any atom is 0.249 e. The summed E-state index contributed by atoms with van der Waals surface area (Å²) in [6.45, 7) is 20.4. The molecule has 0 bridgehead atoms. The molecule has 0 saturated carbocycles. The first kappa shape index (κ1) is 36.1. The number of piperidine rings is 2. The molecule has 5 atom stereocenters. The van der Waals surface area contributed by atoms with Crippen LogP contribution in [0.15, 0.2) is 11.6 Å². The van der Waals surface area contributed by atoms with Crippen molar-refractivity contribution in [3.63, 3.8) is 0 Å². The fourth-order valence-electron chi connectivity index (χ4n) is 7.28. The lowest BCUT2D eigenvalue weighted by Gasteiger charge is -2.41. The normalized spacial score (nSPS) is 25.3. The third kappa shape index (κ3) is 8.43. The van der Waals surface area contributed by atoms with Crippen molar-refractivity contribution in [1.82, 2.24) is 24.9 Å². The molecule has 0 unspecified atom stereocenters. The fourth-order valence-corrected chi connectivity index (χ4v) is 7.28. The van der Waals surface area contributed by atoms with Gasteiger partial charge in [0.15, 0.2) is 0 Å². The van der Waals surface area contributed by atoms with Crippen LogP contribution >= 0.6 is 0 Å². The Kier molecular flexibility index (Phi) is 12.5. The van der Waals surface area contributed by atoms with Gasteiger partial charge in [-0.1, -0.05) is 47.1 Å². The summed E-state index contributed by atoms with van der Waals surface area (Å²) in [5.41, 5.74) is 0.0317. The molecule has 0 aromatic carbocycles. The molecule has 1 N–H and O–H groups in total. The maximum atomic E-state index is 14.1. The first-order valence-electron chi connectivity index (χ1n) is 17.2. The first-order valence-corrected chi connectivity index (χ1v) is 17.2. The minimum atomic E-state index is -0.714. The van der Waals surface area contributed by atoms with E-state index in [2.05, 4.69) is 31.0 Å². The smallest absolute Gasteiger partial charge is 0.249 e. The molecular weight excluding hydrogens is 554 g/mol. The summed E-state index contributed by atoms with van der Waals surface area (Å²) in [4.78, 5) is 62.7. The largest absolute Gasteiger partial charge is 0.342 e. The van der Waals surface area contributed by atoms with Crippen LogP contribution in [0, 0.1) is 11.3 Å². The van der Waals surface area contributed by atoms with Gasteiger partial charge < -0.3 is 20.0 Å². The number of likely N-dealkylation sites (tertiary alicyclic amines) is 3. The zero-order valence-corrected chi connectivity index (χ0v) is 29.3. The van der Waals surface area contributed by atoms with Gasteiger partial charge in [0.25, 0.3) is 0 Å². The monoisotopic (exact) mass is 615 g/mol. The van der Waals surface area contributed by atoms with Crippen molar-refractivity contribution >= 4 is 23.6 Å². The lowest BCUT2D eigenvalue weighted by molar-refractivity contribution is -0.144. The standard InChI is InChI=1S/C35H61N5O4/c1-23(2)29(22-25(5)32(42)40-21-15-18-28(40)33(43)39-20-13-11-16-26(39)6)37(10)34(44)30(35(7,8)9)36-31(41)27-17-12-14-19-38(27)24(3)4/h22-24,26-30H,11-21H2,1-10H3,(H,36,41)/t26-,27-,28+,29-,30-/m1/s1. The molecule has 9 nitrogen and oxygen atoms in total. The molecule has 4 amide bonds. The van der Waals surface area contributed by atoms with Crippen LogP contribution in [-0.4, -0.2) is 106 Å². The Bertz CT molecular complexity index is 1060. The van der Waals surface area contributed by atoms with Crippen LogP contribution in [0.4, 0.5) is 0 Å². The van der Waals surface area contributed by atoms with E-state index in [1.165, 1.54) is 0 Å². The molecule has 0 aromatic rings. The predicted octanol–water partition coefficient (Wildman–Crippen LogP) is 4.60. The SMILES string of the molecule is CC(=C[C@H](C(C)C)N(C)C(=O)[C@@H](NC(=O)[C@H]1CCCCN1C(C)C)C(C)(C)C)C(=O)N1CCC[C@H]1C(=O)N1CCCC[C@H]1C. The van der Waals surface area contributed by atoms with Crippen LogP contribution in [-0.2, 0) is 19.2 Å². The van der Waals surface area contributed by atoms with Crippen molar-refractivity contribution in [3.05, 3.63) is 11.6 Å². The van der Waals surface area contributed by atoms with E-state index < -0.39 is 17.5 Å². The molecule has 0 aliphatic carbocycles. The third-order valence-corrected chi connectivity index (χ3v) is 10.0. The number of nitrogens with one attached hydrogen (secondary N) is 1. The number of carbonyl (C=O) groups is 4. The molecule has 3 heterocycles. The van der Waals surface area contributed by atoms with Gasteiger partial charge in [-0.25, -0.2) is 0 Å². The lowest BCUT2D eigenvalue weighted by atomic mass is 9.84. The molecular formula is C35H61N5O4. The zero-order chi connectivity index (χ0) is 32.9. The quantitative estimate of drug-likeness (QED) is 0.383. The van der Waals surface area contributed by atoms with Crippen molar-refractivity contribution in [2.45, 2.75) is 150 Å². The minimum absolute atomic E-state index is 0.0306. The van der Waals surface area contributed by atoms with Crippen LogP contribution in [0.25, 0.3) is 0 Å². The van der Waals surface area contributed by atoms with E-state index in [1.807, 2.05) is 45.6 Å². The van der Waals surface area contributed by atoms with Crippen molar-refractivity contribution < 1.29 is 19.2 Å². The summed E-state index contributed by atoms with van der Waals surface area (Å²) in [7, 11) is 1.77. The Hall–Kier alpha value is -2.42. The van der Waals surface area contributed by atoms with Crippen molar-refractivity contribution in [2.75, 3.05) is 26.7 Å². The second-order valence-corrected chi connectivity index (χ2v) is 15.2. The number of likely N-dealkylation sites (N-methyl/N-ethyl adjacent to an activating group) is 1. The summed E-state index contributed by atoms with van der Waals surface area (Å²) < 4.78 is 0. The third-order valence-electron chi connectivity index (χ3n) is 10.0. The second-order valence-electron chi connectivity index (χ2n) is 15.2. The van der Waals surface area contributed by atoms with E-state index in [-0.39, 0.29) is 53.7 Å². The average molecular weight is 616 g/mol. The van der Waals surface area contributed by atoms with E-state index in [0.29, 0.717) is 18.5 Å². The fraction of sp³-hybridized carbons (Fsp3) is 0.829. The highest BCUT2D eigenvalue weighted by Crippen LogP contribution is 2.28. The van der Waals surface area contributed by atoms with Gasteiger partial charge in [-0.2, -0.15) is 0 Å². The van der Waals surface area contributed by atoms with E-state index in [9.17, 15) is 19.2 Å². The lowest BCUT2D eigenvalue weighted by Crippen LogP contribution is -2.60. The molecule has 3 fully saturated rings. The van der Waals surface area contributed by atoms with Gasteiger partial charge in [0.2, 0.25) is 23.6 Å². The number of rotatable bonds is 9. The van der Waals surface area contributed by atoms with Gasteiger partial charge in [-0.3, -0.25) is 24.1 Å². The molecule has 9 heteroatoms. The molecule has 44 heavy (non-hydrogen) atoms. The second kappa shape index (κ2) is 15.2. The minimum Gasteiger partial charge on any atom is -0.342 e. The molecule has 3 aliphatic heterocycles. The topological polar surface area (TPSA) is 93.3 Å². The van der Waals surface area contributed by atoms with E-state index >= 15 is 0 Å². The van der Waals surface area contributed by atoms with E-state index in [4.69, 9.17) is 0 Å². The Morgan fingerprint density at radius 2 is 1.43 bits per heavy atom. The van der Waals surface area contributed by atoms with Crippen LogP contribution in [0.3, 0.4) is 0 Å². The Balaban J connectivity index is 1.78. The molecule has 3 aliphatic rings. The summed E-state index contributed by atoms with van der Waals surface area (Å²) in [6.07, 6.45) is 9.42. The molecule has 0 aromatic heterocycles. The number of hydrogen-bond donors (Lipinski definition) is 1. The molecule has 0 radical (unpaired) electrons. The van der Waals surface area contributed by atoms with Gasteiger partial charge in [0, 0.05) is 37.8 Å². The molecule has 0 spiro atoms.